The number of likely N-dealkylation sites (tertiary alicyclic amines) is 1. The van der Waals surface area contributed by atoms with E-state index in [1.165, 1.54) is 26.2 Å². The number of nitrogens with zero attached hydrogens (tertiary/aromatic N) is 4. The van der Waals surface area contributed by atoms with Crippen LogP contribution < -0.4 is 4.74 Å². The first-order valence-electron chi connectivity index (χ1n) is 9.47. The Morgan fingerprint density at radius 3 is 2.28 bits per heavy atom. The number of aryl methyl sites for hydroxylation is 2. The molecule has 0 saturated carbocycles. The van der Waals surface area contributed by atoms with Gasteiger partial charge in [-0.3, -0.25) is 4.79 Å². The zero-order chi connectivity index (χ0) is 21.2. The normalized spacial score (nSPS) is 15.6. The number of hydrogen-bond acceptors (Lipinski definition) is 6. The molecular formula is C20H26N4O4S. The highest BCUT2D eigenvalue weighted by atomic mass is 32.2. The van der Waals surface area contributed by atoms with E-state index in [1.54, 1.807) is 17.0 Å². The van der Waals surface area contributed by atoms with Gasteiger partial charge in [0.2, 0.25) is 15.9 Å². The topological polar surface area (TPSA) is 92.7 Å². The van der Waals surface area contributed by atoms with Gasteiger partial charge in [0.25, 0.3) is 5.91 Å². The fourth-order valence-corrected chi connectivity index (χ4v) is 4.16. The minimum Gasteiger partial charge on any atom is -0.474 e. The Morgan fingerprint density at radius 1 is 1.10 bits per heavy atom. The van der Waals surface area contributed by atoms with Crippen molar-refractivity contribution in [3.05, 3.63) is 47.4 Å². The maximum absolute atomic E-state index is 12.8. The van der Waals surface area contributed by atoms with Crippen LogP contribution in [0.3, 0.4) is 0 Å². The van der Waals surface area contributed by atoms with Crippen LogP contribution in [0.25, 0.3) is 0 Å². The summed E-state index contributed by atoms with van der Waals surface area (Å²) in [5, 5.41) is 0. The zero-order valence-corrected chi connectivity index (χ0v) is 17.9. The van der Waals surface area contributed by atoms with Crippen molar-refractivity contribution in [2.75, 3.05) is 27.2 Å². The molecule has 0 aliphatic carbocycles. The SMILES string of the molecule is Cc1cc(OC2CCN(C(=O)c3ccc(S(=O)(=O)N(C)C)cc3)CC2)nc(C)n1. The lowest BCUT2D eigenvalue weighted by Crippen LogP contribution is -2.41. The van der Waals surface area contributed by atoms with Crippen molar-refractivity contribution in [3.8, 4) is 5.88 Å². The van der Waals surface area contributed by atoms with Gasteiger partial charge in [-0.25, -0.2) is 17.7 Å². The molecule has 2 aromatic rings. The molecule has 1 aliphatic heterocycles. The van der Waals surface area contributed by atoms with Crippen LogP contribution in [0.5, 0.6) is 5.88 Å². The molecule has 1 amide bonds. The molecule has 9 heteroatoms. The predicted octanol–water partition coefficient (Wildman–Crippen LogP) is 2.03. The van der Waals surface area contributed by atoms with Crippen molar-refractivity contribution in [1.29, 1.82) is 0 Å². The number of ether oxygens (including phenoxy) is 1. The van der Waals surface area contributed by atoms with Gasteiger partial charge in [-0.1, -0.05) is 0 Å². The second-order valence-electron chi connectivity index (χ2n) is 7.32. The number of amides is 1. The molecule has 0 radical (unpaired) electrons. The largest absolute Gasteiger partial charge is 0.474 e. The standard InChI is InChI=1S/C20H26N4O4S/c1-14-13-19(22-15(2)21-14)28-17-9-11-24(12-10-17)20(25)16-5-7-18(8-6-16)29(26,27)23(3)4/h5-8,13,17H,9-12H2,1-4H3. The zero-order valence-electron chi connectivity index (χ0n) is 17.1. The highest BCUT2D eigenvalue weighted by Gasteiger charge is 2.26. The summed E-state index contributed by atoms with van der Waals surface area (Å²) >= 11 is 0. The van der Waals surface area contributed by atoms with Gasteiger partial charge in [0.15, 0.2) is 0 Å². The number of aromatic nitrogens is 2. The Labute approximate surface area is 171 Å². The first kappa shape index (κ1) is 21.2. The van der Waals surface area contributed by atoms with E-state index in [2.05, 4.69) is 9.97 Å². The minimum absolute atomic E-state index is 0.000334. The number of carbonyl (C=O) groups excluding carboxylic acids is 1. The van der Waals surface area contributed by atoms with E-state index in [4.69, 9.17) is 4.74 Å². The third kappa shape index (κ3) is 4.91. The van der Waals surface area contributed by atoms with E-state index < -0.39 is 10.0 Å². The molecule has 8 nitrogen and oxygen atoms in total. The third-order valence-corrected chi connectivity index (χ3v) is 6.67. The number of piperidine rings is 1. The Bertz CT molecular complexity index is 962. The molecule has 0 bridgehead atoms. The Balaban J connectivity index is 1.60. The molecule has 3 rings (SSSR count). The van der Waals surface area contributed by atoms with Gasteiger partial charge in [0, 0.05) is 57.4 Å². The average Bonchev–Trinajstić information content (AvgIpc) is 2.67. The molecule has 1 aliphatic rings. The van der Waals surface area contributed by atoms with Gasteiger partial charge in [0.1, 0.15) is 11.9 Å². The fraction of sp³-hybridized carbons (Fsp3) is 0.450. The summed E-state index contributed by atoms with van der Waals surface area (Å²) in [5.74, 6) is 1.13. The maximum Gasteiger partial charge on any atom is 0.253 e. The average molecular weight is 419 g/mol. The van der Waals surface area contributed by atoms with E-state index >= 15 is 0 Å². The lowest BCUT2D eigenvalue weighted by molar-refractivity contribution is 0.0587. The second kappa shape index (κ2) is 8.46. The lowest BCUT2D eigenvalue weighted by atomic mass is 10.1. The van der Waals surface area contributed by atoms with Gasteiger partial charge >= 0.3 is 0 Å². The van der Waals surface area contributed by atoms with Gasteiger partial charge < -0.3 is 9.64 Å². The number of hydrogen-bond donors (Lipinski definition) is 0. The van der Waals surface area contributed by atoms with Crippen molar-refractivity contribution in [2.45, 2.75) is 37.7 Å². The van der Waals surface area contributed by atoms with Crippen molar-refractivity contribution < 1.29 is 17.9 Å². The summed E-state index contributed by atoms with van der Waals surface area (Å²) in [7, 11) is -0.552. The maximum atomic E-state index is 12.8. The lowest BCUT2D eigenvalue weighted by Gasteiger charge is -2.32. The molecule has 1 fully saturated rings. The van der Waals surface area contributed by atoms with E-state index in [-0.39, 0.29) is 16.9 Å². The molecule has 1 aromatic heterocycles. The molecule has 1 aromatic carbocycles. The first-order valence-corrected chi connectivity index (χ1v) is 10.9. The van der Waals surface area contributed by atoms with Crippen LogP contribution in [-0.4, -0.2) is 66.8 Å². The van der Waals surface area contributed by atoms with Crippen molar-refractivity contribution in [1.82, 2.24) is 19.2 Å². The highest BCUT2D eigenvalue weighted by molar-refractivity contribution is 7.89. The van der Waals surface area contributed by atoms with Crippen LogP contribution in [0.4, 0.5) is 0 Å². The summed E-state index contributed by atoms with van der Waals surface area (Å²) in [4.78, 5) is 23.2. The molecule has 2 heterocycles. The summed E-state index contributed by atoms with van der Waals surface area (Å²) < 4.78 is 31.4. The minimum atomic E-state index is -3.51. The predicted molar refractivity (Wildman–Crippen MR) is 108 cm³/mol. The van der Waals surface area contributed by atoms with Crippen molar-refractivity contribution >= 4 is 15.9 Å². The van der Waals surface area contributed by atoms with Gasteiger partial charge in [-0.2, -0.15) is 4.98 Å². The smallest absolute Gasteiger partial charge is 0.253 e. The highest BCUT2D eigenvalue weighted by Crippen LogP contribution is 2.20. The van der Waals surface area contributed by atoms with Crippen LogP contribution in [0.1, 0.15) is 34.7 Å². The second-order valence-corrected chi connectivity index (χ2v) is 9.47. The van der Waals surface area contributed by atoms with Crippen molar-refractivity contribution in [2.24, 2.45) is 0 Å². The molecule has 0 atom stereocenters. The molecule has 0 N–H and O–H groups in total. The number of benzene rings is 1. The van der Waals surface area contributed by atoms with Crippen LogP contribution >= 0.6 is 0 Å². The Hall–Kier alpha value is -2.52. The first-order chi connectivity index (χ1) is 13.7. The van der Waals surface area contributed by atoms with E-state index in [1.807, 2.05) is 19.9 Å². The monoisotopic (exact) mass is 418 g/mol. The third-order valence-electron chi connectivity index (χ3n) is 4.84. The van der Waals surface area contributed by atoms with E-state index in [0.29, 0.717) is 43.2 Å². The molecular weight excluding hydrogens is 392 g/mol. The van der Waals surface area contributed by atoms with Crippen molar-refractivity contribution in [3.63, 3.8) is 0 Å². The Morgan fingerprint density at radius 2 is 1.72 bits per heavy atom. The molecule has 156 valence electrons. The molecule has 0 spiro atoms. The number of carbonyl (C=O) groups is 1. The summed E-state index contributed by atoms with van der Waals surface area (Å²) in [6, 6.07) is 7.88. The summed E-state index contributed by atoms with van der Waals surface area (Å²) in [5.41, 5.74) is 1.34. The fourth-order valence-electron chi connectivity index (χ4n) is 3.25. The summed E-state index contributed by atoms with van der Waals surface area (Å²) in [6.45, 7) is 4.88. The van der Waals surface area contributed by atoms with Crippen LogP contribution in [0.15, 0.2) is 35.2 Å². The number of sulfonamides is 1. The van der Waals surface area contributed by atoms with Gasteiger partial charge in [-0.15, -0.1) is 0 Å². The van der Waals surface area contributed by atoms with E-state index in [9.17, 15) is 13.2 Å². The number of rotatable bonds is 5. The molecule has 1 saturated heterocycles. The van der Waals surface area contributed by atoms with Crippen LogP contribution in [0, 0.1) is 13.8 Å². The molecule has 0 unspecified atom stereocenters. The van der Waals surface area contributed by atoms with Gasteiger partial charge in [0.05, 0.1) is 4.90 Å². The van der Waals surface area contributed by atoms with E-state index in [0.717, 1.165) is 10.00 Å². The molecule has 29 heavy (non-hydrogen) atoms. The van der Waals surface area contributed by atoms with Crippen LogP contribution in [0.2, 0.25) is 0 Å². The Kier molecular flexibility index (Phi) is 6.18. The van der Waals surface area contributed by atoms with Crippen LogP contribution in [-0.2, 0) is 10.0 Å². The van der Waals surface area contributed by atoms with Gasteiger partial charge in [-0.05, 0) is 38.1 Å². The summed E-state index contributed by atoms with van der Waals surface area (Å²) in [6.07, 6.45) is 1.42. The quantitative estimate of drug-likeness (QED) is 0.738.